The van der Waals surface area contributed by atoms with Gasteiger partial charge < -0.3 is 30.4 Å². The standard InChI is InChI=1S/C13H16N2O6/c1-19-6-4-5-7(12(21-3)11(6)20-2)9(16)10(17)8(5)15-13(14)18/h4,8,10,17H,1-3H3,(H3,14,15,18). The predicted molar refractivity (Wildman–Crippen MR) is 71.9 cm³/mol. The van der Waals surface area contributed by atoms with Crippen LogP contribution in [0.25, 0.3) is 0 Å². The maximum Gasteiger partial charge on any atom is 0.312 e. The SMILES string of the molecule is COc1cc2c(c(OC)c1OC)C(=O)C(O)C2NC(N)=O. The predicted octanol–water partition coefficient (Wildman–Crippen LogP) is -0.0210. The van der Waals surface area contributed by atoms with Gasteiger partial charge in [0.15, 0.2) is 17.3 Å². The Bertz CT molecular complexity index is 601. The van der Waals surface area contributed by atoms with E-state index >= 15 is 0 Å². The summed E-state index contributed by atoms with van der Waals surface area (Å²) in [7, 11) is 4.20. The first-order valence-electron chi connectivity index (χ1n) is 6.07. The van der Waals surface area contributed by atoms with E-state index in [-0.39, 0.29) is 17.1 Å². The number of carbonyl (C=O) groups is 2. The molecule has 114 valence electrons. The van der Waals surface area contributed by atoms with Crippen LogP contribution in [0.5, 0.6) is 17.2 Å². The fourth-order valence-electron chi connectivity index (χ4n) is 2.45. The lowest BCUT2D eigenvalue weighted by Gasteiger charge is -2.18. The number of hydrogen-bond donors (Lipinski definition) is 3. The number of fused-ring (bicyclic) bond motifs is 1. The molecule has 0 fully saturated rings. The Labute approximate surface area is 120 Å². The maximum atomic E-state index is 12.2. The van der Waals surface area contributed by atoms with Crippen LogP contribution < -0.4 is 25.3 Å². The van der Waals surface area contributed by atoms with Gasteiger partial charge in [0.25, 0.3) is 0 Å². The summed E-state index contributed by atoms with van der Waals surface area (Å²) in [6, 6.07) is -0.307. The first kappa shape index (κ1) is 14.9. The van der Waals surface area contributed by atoms with E-state index in [4.69, 9.17) is 19.9 Å². The lowest BCUT2D eigenvalue weighted by Crippen LogP contribution is -2.38. The number of ether oxygens (including phenoxy) is 3. The average molecular weight is 296 g/mol. The van der Waals surface area contributed by atoms with Crippen molar-refractivity contribution in [3.05, 3.63) is 17.2 Å². The minimum atomic E-state index is -1.45. The van der Waals surface area contributed by atoms with Gasteiger partial charge in [-0.2, -0.15) is 0 Å². The number of benzene rings is 1. The largest absolute Gasteiger partial charge is 0.493 e. The number of hydrogen-bond acceptors (Lipinski definition) is 6. The first-order chi connectivity index (χ1) is 9.96. The number of methoxy groups -OCH3 is 3. The first-order valence-corrected chi connectivity index (χ1v) is 6.07. The summed E-state index contributed by atoms with van der Waals surface area (Å²) < 4.78 is 15.6. The number of aliphatic hydroxyl groups is 1. The lowest BCUT2D eigenvalue weighted by atomic mass is 10.1. The second kappa shape index (κ2) is 5.49. The van der Waals surface area contributed by atoms with Crippen molar-refractivity contribution < 1.29 is 28.9 Å². The zero-order valence-electron chi connectivity index (χ0n) is 11.8. The summed E-state index contributed by atoms with van der Waals surface area (Å²) in [6.45, 7) is 0. The summed E-state index contributed by atoms with van der Waals surface area (Å²) >= 11 is 0. The van der Waals surface area contributed by atoms with E-state index in [0.717, 1.165) is 0 Å². The van der Waals surface area contributed by atoms with Gasteiger partial charge in [-0.3, -0.25) is 4.79 Å². The molecule has 1 aliphatic carbocycles. The molecule has 0 radical (unpaired) electrons. The summed E-state index contributed by atoms with van der Waals surface area (Å²) in [5, 5.41) is 12.4. The molecule has 21 heavy (non-hydrogen) atoms. The Morgan fingerprint density at radius 2 is 1.86 bits per heavy atom. The smallest absolute Gasteiger partial charge is 0.312 e. The van der Waals surface area contributed by atoms with Crippen molar-refractivity contribution in [2.45, 2.75) is 12.1 Å². The van der Waals surface area contributed by atoms with Crippen LogP contribution in [0.15, 0.2) is 6.07 Å². The topological polar surface area (TPSA) is 120 Å². The van der Waals surface area contributed by atoms with Crippen LogP contribution in [-0.4, -0.2) is 44.4 Å². The van der Waals surface area contributed by atoms with Crippen LogP contribution >= 0.6 is 0 Å². The van der Waals surface area contributed by atoms with Gasteiger partial charge in [-0.25, -0.2) is 4.79 Å². The maximum absolute atomic E-state index is 12.2. The van der Waals surface area contributed by atoms with E-state index in [1.165, 1.54) is 27.4 Å². The number of Topliss-reactive ketones (excluding diaryl/α,β-unsaturated/α-hetero) is 1. The van der Waals surface area contributed by atoms with E-state index in [1.807, 2.05) is 0 Å². The summed E-state index contributed by atoms with van der Waals surface area (Å²) in [5.74, 6) is 0.108. The van der Waals surface area contributed by atoms with Crippen LogP contribution in [0.4, 0.5) is 4.79 Å². The Kier molecular flexibility index (Phi) is 3.90. The van der Waals surface area contributed by atoms with Crippen molar-refractivity contribution in [2.24, 2.45) is 5.73 Å². The third kappa shape index (κ3) is 2.23. The zero-order chi connectivity index (χ0) is 15.7. The monoisotopic (exact) mass is 296 g/mol. The molecule has 1 aromatic carbocycles. The number of carbonyl (C=O) groups excluding carboxylic acids is 2. The Balaban J connectivity index is 2.69. The van der Waals surface area contributed by atoms with Gasteiger partial charge in [0.05, 0.1) is 32.9 Å². The van der Waals surface area contributed by atoms with E-state index in [9.17, 15) is 14.7 Å². The number of urea groups is 1. The molecule has 2 unspecified atom stereocenters. The van der Waals surface area contributed by atoms with E-state index in [1.54, 1.807) is 0 Å². The van der Waals surface area contributed by atoms with Gasteiger partial charge >= 0.3 is 6.03 Å². The van der Waals surface area contributed by atoms with Crippen LogP contribution in [0, 0.1) is 0 Å². The number of primary amides is 1. The van der Waals surface area contributed by atoms with Gasteiger partial charge in [-0.05, 0) is 11.6 Å². The highest BCUT2D eigenvalue weighted by Crippen LogP contribution is 2.47. The van der Waals surface area contributed by atoms with Crippen molar-refractivity contribution in [1.29, 1.82) is 0 Å². The molecule has 8 nitrogen and oxygen atoms in total. The summed E-state index contributed by atoms with van der Waals surface area (Å²) in [5.41, 5.74) is 5.58. The van der Waals surface area contributed by atoms with Crippen molar-refractivity contribution in [2.75, 3.05) is 21.3 Å². The fraction of sp³-hybridized carbons (Fsp3) is 0.385. The fourth-order valence-corrected chi connectivity index (χ4v) is 2.45. The van der Waals surface area contributed by atoms with Crippen LogP contribution in [0.1, 0.15) is 22.0 Å². The van der Waals surface area contributed by atoms with Crippen molar-refractivity contribution in [1.82, 2.24) is 5.32 Å². The summed E-state index contributed by atoms with van der Waals surface area (Å²) in [4.78, 5) is 23.3. The molecule has 8 heteroatoms. The number of nitrogens with two attached hydrogens (primary N) is 1. The van der Waals surface area contributed by atoms with Crippen LogP contribution in [0.3, 0.4) is 0 Å². The highest BCUT2D eigenvalue weighted by molar-refractivity contribution is 6.08. The number of ketones is 1. The number of nitrogens with one attached hydrogen (secondary N) is 1. The van der Waals surface area contributed by atoms with Gasteiger partial charge in [0.2, 0.25) is 5.75 Å². The molecule has 2 atom stereocenters. The number of amides is 2. The highest BCUT2D eigenvalue weighted by atomic mass is 16.5. The second-order valence-corrected chi connectivity index (χ2v) is 4.40. The molecule has 0 heterocycles. The summed E-state index contributed by atoms with van der Waals surface area (Å²) in [6.07, 6.45) is -1.45. The van der Waals surface area contributed by atoms with E-state index < -0.39 is 24.0 Å². The minimum absolute atomic E-state index is 0.140. The third-order valence-corrected chi connectivity index (χ3v) is 3.32. The molecule has 0 spiro atoms. The molecular formula is C13H16N2O6. The molecule has 0 aliphatic heterocycles. The molecule has 0 bridgehead atoms. The average Bonchev–Trinajstić information content (AvgIpc) is 2.69. The van der Waals surface area contributed by atoms with Crippen LogP contribution in [0.2, 0.25) is 0 Å². The second-order valence-electron chi connectivity index (χ2n) is 4.40. The highest BCUT2D eigenvalue weighted by Gasteiger charge is 2.43. The van der Waals surface area contributed by atoms with Crippen molar-refractivity contribution in [3.8, 4) is 17.2 Å². The molecular weight excluding hydrogens is 280 g/mol. The Hall–Kier alpha value is -2.48. The van der Waals surface area contributed by atoms with Crippen molar-refractivity contribution >= 4 is 11.8 Å². The van der Waals surface area contributed by atoms with Crippen molar-refractivity contribution in [3.63, 3.8) is 0 Å². The van der Waals surface area contributed by atoms with Gasteiger partial charge in [0, 0.05) is 0 Å². The number of rotatable bonds is 4. The zero-order valence-corrected chi connectivity index (χ0v) is 11.8. The van der Waals surface area contributed by atoms with Gasteiger partial charge in [-0.15, -0.1) is 0 Å². The molecule has 1 aliphatic rings. The molecule has 2 amide bonds. The van der Waals surface area contributed by atoms with Gasteiger partial charge in [-0.1, -0.05) is 0 Å². The molecule has 0 saturated heterocycles. The Morgan fingerprint density at radius 3 is 2.33 bits per heavy atom. The molecule has 2 rings (SSSR count). The third-order valence-electron chi connectivity index (χ3n) is 3.32. The molecule has 4 N–H and O–H groups in total. The lowest BCUT2D eigenvalue weighted by molar-refractivity contribution is 0.0714. The van der Waals surface area contributed by atoms with Gasteiger partial charge in [0.1, 0.15) is 6.10 Å². The minimum Gasteiger partial charge on any atom is -0.493 e. The molecule has 1 aromatic rings. The van der Waals surface area contributed by atoms with E-state index in [2.05, 4.69) is 5.32 Å². The normalized spacial score (nSPS) is 19.9. The molecule has 0 saturated carbocycles. The quantitative estimate of drug-likeness (QED) is 0.718. The number of aliphatic hydroxyl groups excluding tert-OH is 1. The van der Waals surface area contributed by atoms with E-state index in [0.29, 0.717) is 11.3 Å². The molecule has 0 aromatic heterocycles. The van der Waals surface area contributed by atoms with Crippen LogP contribution in [-0.2, 0) is 0 Å². The Morgan fingerprint density at radius 1 is 1.24 bits per heavy atom.